The van der Waals surface area contributed by atoms with Crippen molar-refractivity contribution in [1.82, 2.24) is 15.2 Å². The number of benzene rings is 2. The van der Waals surface area contributed by atoms with Gasteiger partial charge in [0.15, 0.2) is 0 Å². The van der Waals surface area contributed by atoms with Gasteiger partial charge in [-0.3, -0.25) is 15.2 Å². The number of aromatic amines is 1. The van der Waals surface area contributed by atoms with E-state index >= 15 is 0 Å². The first kappa shape index (κ1) is 18.1. The molecule has 0 saturated heterocycles. The third kappa shape index (κ3) is 2.91. The number of H-pyrrole nitrogens is 1. The van der Waals surface area contributed by atoms with Crippen LogP contribution in [-0.2, 0) is 6.61 Å². The summed E-state index contributed by atoms with van der Waals surface area (Å²) in [5, 5.41) is 19.5. The van der Waals surface area contributed by atoms with Crippen molar-refractivity contribution in [3.63, 3.8) is 0 Å². The molecule has 0 radical (unpaired) electrons. The number of nitro benzene ring substituents is 1. The van der Waals surface area contributed by atoms with E-state index < -0.39 is 0 Å². The molecule has 0 aliphatic carbocycles. The Kier molecular flexibility index (Phi) is 4.28. The van der Waals surface area contributed by atoms with E-state index in [1.807, 2.05) is 24.3 Å². The number of allylic oxidation sites excluding steroid dienone is 1. The molecule has 0 spiro atoms. The maximum absolute atomic E-state index is 11.4. The van der Waals surface area contributed by atoms with Gasteiger partial charge >= 0.3 is 0 Å². The van der Waals surface area contributed by atoms with E-state index in [0.29, 0.717) is 18.9 Å². The molecular weight excluding hydrogens is 380 g/mol. The predicted octanol–water partition coefficient (Wildman–Crippen LogP) is 5.13. The molecule has 1 N–H and O–H groups in total. The number of nitro groups is 1. The fourth-order valence-corrected chi connectivity index (χ4v) is 4.03. The summed E-state index contributed by atoms with van der Waals surface area (Å²) in [5.41, 5.74) is 6.72. The van der Waals surface area contributed by atoms with Gasteiger partial charge in [0.05, 0.1) is 16.6 Å². The van der Waals surface area contributed by atoms with Crippen LogP contribution in [0.4, 0.5) is 5.69 Å². The minimum Gasteiger partial charge on any atom is -0.472 e. The molecule has 0 fully saturated rings. The van der Waals surface area contributed by atoms with E-state index in [2.05, 4.69) is 28.2 Å². The molecule has 148 valence electrons. The highest BCUT2D eigenvalue weighted by molar-refractivity contribution is 6.02. The van der Waals surface area contributed by atoms with Gasteiger partial charge in [-0.1, -0.05) is 19.1 Å². The van der Waals surface area contributed by atoms with E-state index in [9.17, 15) is 10.1 Å². The van der Waals surface area contributed by atoms with Crippen LogP contribution < -0.4 is 4.74 Å². The SMILES string of the molecule is CCC(=C1c2cc3cn[nH]c3cc2COc2ncccc21)c1cccc([N+](=O)[O-])c1. The number of non-ortho nitro benzene ring substituents is 1. The first-order valence-corrected chi connectivity index (χ1v) is 9.68. The summed E-state index contributed by atoms with van der Waals surface area (Å²) in [6.07, 6.45) is 4.19. The number of hydrogen-bond acceptors (Lipinski definition) is 5. The first-order valence-electron chi connectivity index (χ1n) is 9.68. The van der Waals surface area contributed by atoms with Crippen molar-refractivity contribution in [3.8, 4) is 5.88 Å². The number of pyridine rings is 1. The standard InChI is InChI=1S/C23H18N4O3/c1-2-18(14-5-3-6-17(9-14)27(28)29)22-19-7-4-8-24-23(19)30-13-16-11-21-15(10-20(16)22)12-25-26-21/h3-12H,2,13H2,1H3,(H,25,26). The zero-order valence-electron chi connectivity index (χ0n) is 16.3. The van der Waals surface area contributed by atoms with Crippen LogP contribution in [0.3, 0.4) is 0 Å². The lowest BCUT2D eigenvalue weighted by molar-refractivity contribution is -0.384. The second kappa shape index (κ2) is 7.11. The van der Waals surface area contributed by atoms with Crippen LogP contribution in [0.25, 0.3) is 22.0 Å². The van der Waals surface area contributed by atoms with Crippen molar-refractivity contribution < 1.29 is 9.66 Å². The van der Waals surface area contributed by atoms with Crippen molar-refractivity contribution in [1.29, 1.82) is 0 Å². The quantitative estimate of drug-likeness (QED) is 0.381. The third-order valence-corrected chi connectivity index (χ3v) is 5.40. The molecule has 0 bridgehead atoms. The van der Waals surface area contributed by atoms with Crippen molar-refractivity contribution >= 4 is 27.7 Å². The fraction of sp³-hybridized carbons (Fsp3) is 0.130. The molecule has 2 aromatic heterocycles. The minimum atomic E-state index is -0.365. The lowest BCUT2D eigenvalue weighted by atomic mass is 9.86. The summed E-state index contributed by atoms with van der Waals surface area (Å²) in [5.74, 6) is 0.557. The minimum absolute atomic E-state index is 0.0702. The molecule has 2 aromatic carbocycles. The molecule has 1 aliphatic heterocycles. The second-order valence-corrected chi connectivity index (χ2v) is 7.13. The van der Waals surface area contributed by atoms with Crippen LogP contribution in [-0.4, -0.2) is 20.1 Å². The van der Waals surface area contributed by atoms with Crippen molar-refractivity contribution in [2.24, 2.45) is 0 Å². The van der Waals surface area contributed by atoms with Gasteiger partial charge in [0.2, 0.25) is 5.88 Å². The molecule has 5 rings (SSSR count). The van der Waals surface area contributed by atoms with Crippen LogP contribution in [0.15, 0.2) is 60.9 Å². The molecule has 30 heavy (non-hydrogen) atoms. The number of nitrogens with zero attached hydrogens (tertiary/aromatic N) is 3. The molecule has 0 atom stereocenters. The maximum atomic E-state index is 11.4. The molecule has 0 unspecified atom stereocenters. The molecule has 1 aliphatic rings. The maximum Gasteiger partial charge on any atom is 0.270 e. The second-order valence-electron chi connectivity index (χ2n) is 7.13. The lowest BCUT2D eigenvalue weighted by Crippen LogP contribution is -1.98. The summed E-state index contributed by atoms with van der Waals surface area (Å²) in [4.78, 5) is 15.4. The van der Waals surface area contributed by atoms with Gasteiger partial charge in [-0.25, -0.2) is 4.98 Å². The van der Waals surface area contributed by atoms with Crippen LogP contribution in [0.2, 0.25) is 0 Å². The van der Waals surface area contributed by atoms with E-state index in [0.717, 1.165) is 44.3 Å². The topological polar surface area (TPSA) is 93.9 Å². The molecule has 0 amide bonds. The number of nitrogens with one attached hydrogen (secondary N) is 1. The molecular formula is C23H18N4O3. The third-order valence-electron chi connectivity index (χ3n) is 5.40. The molecule has 4 aromatic rings. The molecule has 0 saturated carbocycles. The van der Waals surface area contributed by atoms with E-state index in [1.54, 1.807) is 24.5 Å². The van der Waals surface area contributed by atoms with Gasteiger partial charge in [-0.05, 0) is 58.5 Å². The smallest absolute Gasteiger partial charge is 0.270 e. The van der Waals surface area contributed by atoms with Crippen LogP contribution >= 0.6 is 0 Å². The number of rotatable bonds is 3. The lowest BCUT2D eigenvalue weighted by Gasteiger charge is -2.16. The van der Waals surface area contributed by atoms with Crippen LogP contribution in [0, 0.1) is 10.1 Å². The van der Waals surface area contributed by atoms with Crippen molar-refractivity contribution in [2.45, 2.75) is 20.0 Å². The predicted molar refractivity (Wildman–Crippen MR) is 114 cm³/mol. The summed E-state index contributed by atoms with van der Waals surface area (Å²) in [6, 6.07) is 14.8. The number of fused-ring (bicyclic) bond motifs is 3. The van der Waals surface area contributed by atoms with Gasteiger partial charge in [0.1, 0.15) is 6.61 Å². The zero-order chi connectivity index (χ0) is 20.7. The Morgan fingerprint density at radius 3 is 2.93 bits per heavy atom. The highest BCUT2D eigenvalue weighted by Gasteiger charge is 2.24. The Bertz CT molecular complexity index is 1320. The Morgan fingerprint density at radius 1 is 1.20 bits per heavy atom. The van der Waals surface area contributed by atoms with Gasteiger partial charge in [0, 0.05) is 29.3 Å². The first-order chi connectivity index (χ1) is 14.7. The number of hydrogen-bond donors (Lipinski definition) is 1. The van der Waals surface area contributed by atoms with E-state index in [-0.39, 0.29) is 10.6 Å². The van der Waals surface area contributed by atoms with E-state index in [4.69, 9.17) is 4.74 Å². The highest BCUT2D eigenvalue weighted by Crippen LogP contribution is 2.42. The Hall–Kier alpha value is -4.00. The van der Waals surface area contributed by atoms with Crippen molar-refractivity contribution in [2.75, 3.05) is 0 Å². The Labute approximate surface area is 172 Å². The Balaban J connectivity index is 1.86. The molecule has 7 nitrogen and oxygen atoms in total. The summed E-state index contributed by atoms with van der Waals surface area (Å²) in [6.45, 7) is 2.43. The van der Waals surface area contributed by atoms with Crippen LogP contribution in [0.5, 0.6) is 5.88 Å². The summed E-state index contributed by atoms with van der Waals surface area (Å²) >= 11 is 0. The normalized spacial score (nSPS) is 14.4. The highest BCUT2D eigenvalue weighted by atomic mass is 16.6. The Morgan fingerprint density at radius 2 is 2.10 bits per heavy atom. The molecule has 7 heteroatoms. The van der Waals surface area contributed by atoms with Gasteiger partial charge in [0.25, 0.3) is 5.69 Å². The average Bonchev–Trinajstić information content (AvgIpc) is 3.17. The van der Waals surface area contributed by atoms with Gasteiger partial charge in [-0.15, -0.1) is 0 Å². The van der Waals surface area contributed by atoms with Gasteiger partial charge < -0.3 is 4.74 Å². The number of ether oxygens (including phenoxy) is 1. The fourth-order valence-electron chi connectivity index (χ4n) is 4.03. The monoisotopic (exact) mass is 398 g/mol. The zero-order valence-corrected chi connectivity index (χ0v) is 16.3. The van der Waals surface area contributed by atoms with Crippen molar-refractivity contribution in [3.05, 3.63) is 93.3 Å². The van der Waals surface area contributed by atoms with Gasteiger partial charge in [-0.2, -0.15) is 5.10 Å². The average molecular weight is 398 g/mol. The largest absolute Gasteiger partial charge is 0.472 e. The summed E-state index contributed by atoms with van der Waals surface area (Å²) < 4.78 is 6.04. The van der Waals surface area contributed by atoms with E-state index in [1.165, 1.54) is 6.07 Å². The summed E-state index contributed by atoms with van der Waals surface area (Å²) in [7, 11) is 0. The van der Waals surface area contributed by atoms with Crippen LogP contribution in [0.1, 0.15) is 35.6 Å². The number of aromatic nitrogens is 3. The molecule has 3 heterocycles.